The second kappa shape index (κ2) is 8.31. The van der Waals surface area contributed by atoms with E-state index in [1.54, 1.807) is 24.3 Å². The fourth-order valence-electron chi connectivity index (χ4n) is 2.72. The summed E-state index contributed by atoms with van der Waals surface area (Å²) in [5, 5.41) is 0. The molecular formula is C19H16F3N3O5. The quantitative estimate of drug-likeness (QED) is 0.651. The van der Waals surface area contributed by atoms with Crippen LogP contribution in [0.4, 0.5) is 13.2 Å². The molecule has 0 unspecified atom stereocenters. The molecular weight excluding hydrogens is 407 g/mol. The number of benzene rings is 2. The first-order chi connectivity index (χ1) is 14.2. The lowest BCUT2D eigenvalue weighted by Crippen LogP contribution is -2.49. The molecule has 0 saturated carbocycles. The average Bonchev–Trinajstić information content (AvgIpc) is 2.69. The third-order valence-corrected chi connectivity index (χ3v) is 4.16. The Balaban J connectivity index is 1.88. The van der Waals surface area contributed by atoms with Crippen molar-refractivity contribution in [3.8, 4) is 11.5 Å². The zero-order chi connectivity index (χ0) is 21.9. The lowest BCUT2D eigenvalue weighted by atomic mass is 10.2. The lowest BCUT2D eigenvalue weighted by molar-refractivity contribution is -0.274. The number of rotatable bonds is 6. The maximum atomic E-state index is 12.7. The maximum Gasteiger partial charge on any atom is 0.573 e. The first-order valence-corrected chi connectivity index (χ1v) is 8.58. The van der Waals surface area contributed by atoms with Crippen LogP contribution >= 0.6 is 0 Å². The van der Waals surface area contributed by atoms with Gasteiger partial charge in [0.15, 0.2) is 0 Å². The number of ether oxygens (including phenoxy) is 2. The van der Waals surface area contributed by atoms with Gasteiger partial charge in [0.1, 0.15) is 11.5 Å². The molecule has 0 amide bonds. The van der Waals surface area contributed by atoms with E-state index in [-0.39, 0.29) is 13.1 Å². The second-order valence-electron chi connectivity index (χ2n) is 6.23. The van der Waals surface area contributed by atoms with Crippen LogP contribution in [0, 0.1) is 0 Å². The third-order valence-electron chi connectivity index (χ3n) is 4.16. The highest BCUT2D eigenvalue weighted by Gasteiger charge is 2.30. The lowest BCUT2D eigenvalue weighted by Gasteiger charge is -2.11. The predicted octanol–water partition coefficient (Wildman–Crippen LogP) is 1.70. The molecule has 0 aliphatic rings. The summed E-state index contributed by atoms with van der Waals surface area (Å²) in [6, 6.07) is 11.4. The van der Waals surface area contributed by atoms with E-state index in [1.807, 2.05) is 0 Å². The number of nitrogens with zero attached hydrogens (tertiary/aromatic N) is 2. The summed E-state index contributed by atoms with van der Waals surface area (Å²) >= 11 is 0. The van der Waals surface area contributed by atoms with Gasteiger partial charge in [-0.1, -0.05) is 24.3 Å². The van der Waals surface area contributed by atoms with E-state index in [0.29, 0.717) is 16.9 Å². The number of alkyl halides is 3. The maximum absolute atomic E-state index is 12.7. The van der Waals surface area contributed by atoms with E-state index in [4.69, 9.17) is 4.74 Å². The average molecular weight is 423 g/mol. The van der Waals surface area contributed by atoms with Crippen molar-refractivity contribution in [3.05, 3.63) is 91.1 Å². The topological polar surface area (TPSA) is 95.3 Å². The van der Waals surface area contributed by atoms with Crippen LogP contribution < -0.4 is 26.5 Å². The molecule has 0 spiro atoms. The van der Waals surface area contributed by atoms with Gasteiger partial charge >= 0.3 is 23.4 Å². The van der Waals surface area contributed by atoms with Gasteiger partial charge < -0.3 is 9.47 Å². The van der Waals surface area contributed by atoms with Gasteiger partial charge in [0.2, 0.25) is 0 Å². The van der Waals surface area contributed by atoms with Crippen molar-refractivity contribution < 1.29 is 22.6 Å². The molecule has 0 radical (unpaired) electrons. The molecule has 1 heterocycles. The number of hydrogen-bond donors (Lipinski definition) is 1. The first kappa shape index (κ1) is 21.0. The molecule has 11 heteroatoms. The van der Waals surface area contributed by atoms with Crippen LogP contribution in [0.15, 0.2) is 62.9 Å². The molecule has 3 aromatic rings. The fraction of sp³-hybridized carbons (Fsp3) is 0.211. The number of H-pyrrole nitrogens is 1. The highest BCUT2D eigenvalue weighted by atomic mass is 19.4. The Labute approximate surface area is 166 Å². The third kappa shape index (κ3) is 4.99. The predicted molar refractivity (Wildman–Crippen MR) is 99.9 cm³/mol. The highest BCUT2D eigenvalue weighted by molar-refractivity contribution is 5.28. The molecule has 0 aliphatic carbocycles. The summed E-state index contributed by atoms with van der Waals surface area (Å²) in [6.07, 6.45) is -4.83. The summed E-state index contributed by atoms with van der Waals surface area (Å²) in [5.41, 5.74) is -1.65. The zero-order valence-electron chi connectivity index (χ0n) is 15.6. The number of halogens is 3. The molecule has 2 aromatic carbocycles. The van der Waals surface area contributed by atoms with Gasteiger partial charge in [-0.25, -0.2) is 23.5 Å². The Hall–Kier alpha value is -3.76. The monoisotopic (exact) mass is 423 g/mol. The van der Waals surface area contributed by atoms with Crippen molar-refractivity contribution in [1.29, 1.82) is 0 Å². The molecule has 30 heavy (non-hydrogen) atoms. The van der Waals surface area contributed by atoms with Crippen LogP contribution in [0.5, 0.6) is 11.5 Å². The van der Waals surface area contributed by atoms with Gasteiger partial charge in [-0.3, -0.25) is 4.98 Å². The summed E-state index contributed by atoms with van der Waals surface area (Å²) in [5.74, 6) is 0.167. The molecule has 8 nitrogen and oxygen atoms in total. The van der Waals surface area contributed by atoms with Crippen LogP contribution in [0.3, 0.4) is 0 Å². The van der Waals surface area contributed by atoms with Crippen molar-refractivity contribution in [2.75, 3.05) is 7.11 Å². The number of nitrogens with one attached hydrogen (secondary N) is 1. The van der Waals surface area contributed by atoms with Gasteiger partial charge in [0.25, 0.3) is 0 Å². The molecule has 158 valence electrons. The Morgan fingerprint density at radius 3 is 1.63 bits per heavy atom. The van der Waals surface area contributed by atoms with E-state index < -0.39 is 29.2 Å². The Morgan fingerprint density at radius 1 is 0.800 bits per heavy atom. The van der Waals surface area contributed by atoms with Gasteiger partial charge in [0, 0.05) is 0 Å². The molecule has 0 saturated heterocycles. The Kier molecular flexibility index (Phi) is 5.81. The van der Waals surface area contributed by atoms with E-state index >= 15 is 0 Å². The number of methoxy groups -OCH3 is 1. The van der Waals surface area contributed by atoms with Crippen molar-refractivity contribution in [2.45, 2.75) is 19.5 Å². The standard InChI is InChI=1S/C19H16F3N3O5/c1-29-14-6-2-12(3-7-14)10-24-16(26)23-17(27)25(18(24)28)11-13-4-8-15(9-5-13)30-19(20,21)22/h2-9H,10-11H2,1H3,(H,23,26,27). The van der Waals surface area contributed by atoms with Crippen molar-refractivity contribution in [1.82, 2.24) is 14.1 Å². The van der Waals surface area contributed by atoms with Gasteiger partial charge in [-0.2, -0.15) is 0 Å². The molecule has 0 atom stereocenters. The molecule has 1 aromatic heterocycles. The SMILES string of the molecule is COc1ccc(Cn2c(=O)[nH]c(=O)n(Cc3ccc(OC(F)(F)F)cc3)c2=O)cc1. The minimum absolute atomic E-state index is 0.0865. The fourth-order valence-corrected chi connectivity index (χ4v) is 2.72. The van der Waals surface area contributed by atoms with E-state index in [0.717, 1.165) is 21.3 Å². The van der Waals surface area contributed by atoms with Crippen LogP contribution in [-0.2, 0) is 13.1 Å². The molecule has 0 aliphatic heterocycles. The minimum atomic E-state index is -4.83. The van der Waals surface area contributed by atoms with Gasteiger partial charge in [-0.05, 0) is 35.4 Å². The molecule has 0 bridgehead atoms. The highest BCUT2D eigenvalue weighted by Crippen LogP contribution is 2.22. The summed E-state index contributed by atoms with van der Waals surface area (Å²) in [7, 11) is 1.50. The number of aromatic amines is 1. The van der Waals surface area contributed by atoms with Crippen LogP contribution in [0.2, 0.25) is 0 Å². The molecule has 1 N–H and O–H groups in total. The first-order valence-electron chi connectivity index (χ1n) is 8.58. The van der Waals surface area contributed by atoms with Crippen molar-refractivity contribution in [3.63, 3.8) is 0 Å². The van der Waals surface area contributed by atoms with Crippen molar-refractivity contribution in [2.24, 2.45) is 0 Å². The summed E-state index contributed by atoms with van der Waals surface area (Å²) in [6.45, 7) is -0.333. The van der Waals surface area contributed by atoms with Gasteiger partial charge in [-0.15, -0.1) is 13.2 Å². The normalized spacial score (nSPS) is 11.3. The largest absolute Gasteiger partial charge is 0.573 e. The number of aromatic nitrogens is 3. The van der Waals surface area contributed by atoms with Crippen LogP contribution in [0.1, 0.15) is 11.1 Å². The minimum Gasteiger partial charge on any atom is -0.497 e. The molecule has 0 fully saturated rings. The summed E-state index contributed by atoms with van der Waals surface area (Å²) in [4.78, 5) is 39.0. The second-order valence-corrected chi connectivity index (χ2v) is 6.23. The summed E-state index contributed by atoms with van der Waals surface area (Å²) < 4.78 is 47.2. The van der Waals surface area contributed by atoms with Crippen LogP contribution in [-0.4, -0.2) is 27.6 Å². The van der Waals surface area contributed by atoms with Crippen LogP contribution in [0.25, 0.3) is 0 Å². The van der Waals surface area contributed by atoms with E-state index in [1.165, 1.54) is 19.2 Å². The molecule has 3 rings (SSSR count). The smallest absolute Gasteiger partial charge is 0.497 e. The Bertz CT molecular complexity index is 1190. The zero-order valence-corrected chi connectivity index (χ0v) is 15.6. The van der Waals surface area contributed by atoms with Gasteiger partial charge in [0.05, 0.1) is 20.2 Å². The van der Waals surface area contributed by atoms with Crippen molar-refractivity contribution >= 4 is 0 Å². The van der Waals surface area contributed by atoms with E-state index in [9.17, 15) is 27.6 Å². The number of hydrogen-bond acceptors (Lipinski definition) is 5. The van der Waals surface area contributed by atoms with E-state index in [2.05, 4.69) is 9.72 Å². The Morgan fingerprint density at radius 2 is 1.23 bits per heavy atom.